The highest BCUT2D eigenvalue weighted by Crippen LogP contribution is 2.40. The first-order valence-corrected chi connectivity index (χ1v) is 10.6. The van der Waals surface area contributed by atoms with Crippen molar-refractivity contribution in [3.05, 3.63) is 64.5 Å². The van der Waals surface area contributed by atoms with E-state index in [1.807, 2.05) is 32.2 Å². The molecule has 2 unspecified atom stereocenters. The number of halogens is 3. The van der Waals surface area contributed by atoms with Crippen LogP contribution >= 0.6 is 24.8 Å². The van der Waals surface area contributed by atoms with Crippen molar-refractivity contribution in [2.24, 2.45) is 5.92 Å². The van der Waals surface area contributed by atoms with Crippen molar-refractivity contribution in [2.75, 3.05) is 26.7 Å². The Morgan fingerprint density at radius 1 is 1.10 bits per heavy atom. The second-order valence-electron chi connectivity index (χ2n) is 8.46. The van der Waals surface area contributed by atoms with Crippen molar-refractivity contribution in [2.45, 2.75) is 44.9 Å². The fourth-order valence-electron chi connectivity index (χ4n) is 4.77. The molecule has 2 aromatic rings. The third-order valence-electron chi connectivity index (χ3n) is 6.48. The van der Waals surface area contributed by atoms with Crippen molar-refractivity contribution < 1.29 is 14.2 Å². The summed E-state index contributed by atoms with van der Waals surface area (Å²) in [4.78, 5) is 2.44. The van der Waals surface area contributed by atoms with Gasteiger partial charge in [-0.2, -0.15) is 0 Å². The number of ether oxygens (including phenoxy) is 1. The van der Waals surface area contributed by atoms with E-state index < -0.39 is 0 Å². The minimum Gasteiger partial charge on any atom is -0.507 e. The molecule has 7 heteroatoms. The molecular weight excluding hydrogens is 438 g/mol. The van der Waals surface area contributed by atoms with Gasteiger partial charge >= 0.3 is 0 Å². The second-order valence-corrected chi connectivity index (χ2v) is 8.46. The van der Waals surface area contributed by atoms with Gasteiger partial charge in [0.05, 0.1) is 12.2 Å². The minimum atomic E-state index is -0.184. The van der Waals surface area contributed by atoms with Crippen LogP contribution in [0.2, 0.25) is 0 Å². The number of hydrogen-bond donors (Lipinski definition) is 2. The summed E-state index contributed by atoms with van der Waals surface area (Å²) < 4.78 is 19.6. The molecule has 0 bridgehead atoms. The van der Waals surface area contributed by atoms with Crippen molar-refractivity contribution in [1.82, 2.24) is 10.2 Å². The van der Waals surface area contributed by atoms with Gasteiger partial charge in [-0.15, -0.1) is 24.8 Å². The molecule has 0 aromatic heterocycles. The highest BCUT2D eigenvalue weighted by atomic mass is 35.5. The number of rotatable bonds is 5. The summed E-state index contributed by atoms with van der Waals surface area (Å²) in [5.41, 5.74) is 4.27. The zero-order chi connectivity index (χ0) is 20.4. The van der Waals surface area contributed by atoms with E-state index in [1.54, 1.807) is 0 Å². The Morgan fingerprint density at radius 3 is 2.42 bits per heavy atom. The van der Waals surface area contributed by atoms with Crippen molar-refractivity contribution in [3.63, 3.8) is 0 Å². The number of likely N-dealkylation sites (tertiary alicyclic amines) is 1. The van der Waals surface area contributed by atoms with Crippen LogP contribution in [-0.4, -0.2) is 42.8 Å². The lowest BCUT2D eigenvalue weighted by atomic mass is 9.83. The fraction of sp³-hybridized carbons (Fsp3) is 0.500. The van der Waals surface area contributed by atoms with Gasteiger partial charge in [0.25, 0.3) is 0 Å². The smallest absolute Gasteiger partial charge is 0.123 e. The summed E-state index contributed by atoms with van der Waals surface area (Å²) in [6.07, 6.45) is 3.07. The van der Waals surface area contributed by atoms with Gasteiger partial charge in [-0.25, -0.2) is 4.39 Å². The molecule has 0 amide bonds. The number of hydrogen-bond acceptors (Lipinski definition) is 4. The number of phenolic OH excluding ortho intramolecular Hbond substituents is 1. The lowest BCUT2D eigenvalue weighted by molar-refractivity contribution is -0.0674. The summed E-state index contributed by atoms with van der Waals surface area (Å²) in [7, 11) is 1.94. The predicted molar refractivity (Wildman–Crippen MR) is 127 cm³/mol. The number of nitrogens with one attached hydrogen (secondary N) is 1. The lowest BCUT2D eigenvalue weighted by Crippen LogP contribution is -2.42. The average molecular weight is 471 g/mol. The number of benzene rings is 2. The minimum absolute atomic E-state index is 0. The zero-order valence-electron chi connectivity index (χ0n) is 18.1. The second kappa shape index (κ2) is 11.5. The van der Waals surface area contributed by atoms with Gasteiger partial charge in [0, 0.05) is 25.1 Å². The maximum absolute atomic E-state index is 13.1. The number of aromatic hydroxyl groups is 1. The van der Waals surface area contributed by atoms with Crippen LogP contribution in [-0.2, 0) is 17.7 Å². The van der Waals surface area contributed by atoms with Gasteiger partial charge in [0.1, 0.15) is 11.6 Å². The molecule has 1 fully saturated rings. The molecular formula is C24H33Cl2FN2O2. The van der Waals surface area contributed by atoms with Crippen LogP contribution in [0.1, 0.15) is 41.2 Å². The Kier molecular flexibility index (Phi) is 9.59. The first-order valence-electron chi connectivity index (χ1n) is 10.6. The van der Waals surface area contributed by atoms with E-state index in [0.29, 0.717) is 11.7 Å². The number of phenols is 1. The third kappa shape index (κ3) is 5.91. The van der Waals surface area contributed by atoms with E-state index in [1.165, 1.54) is 12.1 Å². The summed E-state index contributed by atoms with van der Waals surface area (Å²) in [6, 6.07) is 10.9. The van der Waals surface area contributed by atoms with Gasteiger partial charge in [-0.1, -0.05) is 24.3 Å². The van der Waals surface area contributed by atoms with Gasteiger partial charge < -0.3 is 15.2 Å². The van der Waals surface area contributed by atoms with Crippen molar-refractivity contribution >= 4 is 24.8 Å². The Hall–Kier alpha value is -1.37. The molecule has 172 valence electrons. The molecule has 2 heterocycles. The molecule has 2 aliphatic rings. The van der Waals surface area contributed by atoms with Crippen LogP contribution in [0.15, 0.2) is 36.4 Å². The molecule has 31 heavy (non-hydrogen) atoms. The molecule has 0 aliphatic carbocycles. The quantitative estimate of drug-likeness (QED) is 0.658. The summed E-state index contributed by atoms with van der Waals surface area (Å²) in [5.74, 6) is 0.745. The Bertz CT molecular complexity index is 842. The Balaban J connectivity index is 0.00000171. The van der Waals surface area contributed by atoms with Gasteiger partial charge in [-0.3, -0.25) is 4.90 Å². The van der Waals surface area contributed by atoms with E-state index in [9.17, 15) is 9.50 Å². The van der Waals surface area contributed by atoms with Crippen LogP contribution in [0.3, 0.4) is 0 Å². The maximum Gasteiger partial charge on any atom is 0.123 e. The monoisotopic (exact) mass is 470 g/mol. The summed E-state index contributed by atoms with van der Waals surface area (Å²) in [5, 5.41) is 13.9. The molecule has 4 nitrogen and oxygen atoms in total. The predicted octanol–water partition coefficient (Wildman–Crippen LogP) is 4.80. The van der Waals surface area contributed by atoms with E-state index >= 15 is 0 Å². The molecule has 2 aliphatic heterocycles. The van der Waals surface area contributed by atoms with Gasteiger partial charge in [0.15, 0.2) is 0 Å². The maximum atomic E-state index is 13.1. The van der Waals surface area contributed by atoms with Crippen molar-refractivity contribution in [1.29, 1.82) is 0 Å². The molecule has 1 saturated heterocycles. The molecule has 0 saturated carbocycles. The normalized spacial score (nSPS) is 21.6. The number of aryl methyl sites for hydroxylation is 1. The highest BCUT2D eigenvalue weighted by Gasteiger charge is 2.35. The van der Waals surface area contributed by atoms with E-state index in [4.69, 9.17) is 4.74 Å². The highest BCUT2D eigenvalue weighted by molar-refractivity contribution is 5.85. The molecule has 4 rings (SSSR count). The Morgan fingerprint density at radius 2 is 1.77 bits per heavy atom. The van der Waals surface area contributed by atoms with Crippen LogP contribution in [0, 0.1) is 18.7 Å². The number of fused-ring (bicyclic) bond motifs is 1. The van der Waals surface area contributed by atoms with Crippen molar-refractivity contribution in [3.8, 4) is 5.75 Å². The molecule has 2 N–H and O–H groups in total. The largest absolute Gasteiger partial charge is 0.507 e. The van der Waals surface area contributed by atoms with E-state index in [0.717, 1.165) is 67.7 Å². The van der Waals surface area contributed by atoms with Crippen LogP contribution < -0.4 is 5.32 Å². The third-order valence-corrected chi connectivity index (χ3v) is 6.48. The topological polar surface area (TPSA) is 44.7 Å². The zero-order valence-corrected chi connectivity index (χ0v) is 19.8. The van der Waals surface area contributed by atoms with E-state index in [2.05, 4.69) is 16.3 Å². The molecule has 0 radical (unpaired) electrons. The number of nitrogens with zero attached hydrogens (tertiary/aromatic N) is 1. The molecule has 0 spiro atoms. The summed E-state index contributed by atoms with van der Waals surface area (Å²) >= 11 is 0. The number of likely N-dealkylation sites (N-methyl/N-ethyl adjacent to an activating group) is 1. The van der Waals surface area contributed by atoms with Crippen LogP contribution in [0.5, 0.6) is 5.75 Å². The Labute approximate surface area is 197 Å². The average Bonchev–Trinajstić information content (AvgIpc) is 2.73. The molecule has 2 atom stereocenters. The van der Waals surface area contributed by atoms with Crippen LogP contribution in [0.25, 0.3) is 0 Å². The van der Waals surface area contributed by atoms with E-state index in [-0.39, 0.29) is 42.8 Å². The first-order chi connectivity index (χ1) is 14.0. The molecule has 2 aromatic carbocycles. The van der Waals surface area contributed by atoms with Crippen LogP contribution in [0.4, 0.5) is 4.39 Å². The van der Waals surface area contributed by atoms with Gasteiger partial charge in [-0.05, 0) is 74.6 Å². The first kappa shape index (κ1) is 25.9. The number of piperidine rings is 1. The fourth-order valence-corrected chi connectivity index (χ4v) is 4.77. The van der Waals surface area contributed by atoms with Gasteiger partial charge in [0.2, 0.25) is 0 Å². The standard InChI is InChI=1S/C24H31FN2O2.2ClH/c1-16-3-8-20-21(24(16)28)13-22(29-23(20)14-26-2)18-9-11-27(12-10-18)15-17-4-6-19(25)7-5-17;;/h3-8,18,22-23,26,28H,9-15H2,1-2H3;2*1H. The SMILES string of the molecule is CNCC1OC(C2CCN(Cc3ccc(F)cc3)CC2)Cc2c1ccc(C)c2O.Cl.Cl. The summed E-state index contributed by atoms with van der Waals surface area (Å²) in [6.45, 7) is 5.61. The lowest BCUT2D eigenvalue weighted by Gasteiger charge is -2.40.